The lowest BCUT2D eigenvalue weighted by atomic mass is 10.2. The van der Waals surface area contributed by atoms with Crippen molar-refractivity contribution >= 4 is 17.7 Å². The quantitative estimate of drug-likeness (QED) is 0.616. The Morgan fingerprint density at radius 1 is 1.39 bits per heavy atom. The number of carbonyl (C=O) groups is 1. The molecule has 0 bridgehead atoms. The van der Waals surface area contributed by atoms with E-state index in [0.717, 1.165) is 10.7 Å². The van der Waals surface area contributed by atoms with Gasteiger partial charge >= 0.3 is 5.97 Å². The standard InChI is InChI=1S/C8H13NS.C6H12O2/c1-3-5-8(4-2)10-7-6-9;1-5(7)8-6(2,3)4/h3-5H,1-2,6-7,9H2;1-4H3/b8-5+;. The van der Waals surface area contributed by atoms with Gasteiger partial charge in [0.25, 0.3) is 0 Å². The molecule has 0 aromatic carbocycles. The van der Waals surface area contributed by atoms with Crippen LogP contribution >= 0.6 is 11.8 Å². The zero-order chi connectivity index (χ0) is 14.6. The number of rotatable bonds is 5. The van der Waals surface area contributed by atoms with Gasteiger partial charge in [0, 0.05) is 24.1 Å². The number of hydrogen-bond donors (Lipinski definition) is 1. The van der Waals surface area contributed by atoms with Crippen molar-refractivity contribution in [3.05, 3.63) is 36.3 Å². The molecule has 0 saturated heterocycles. The highest BCUT2D eigenvalue weighted by atomic mass is 32.2. The van der Waals surface area contributed by atoms with Gasteiger partial charge in [0.2, 0.25) is 0 Å². The zero-order valence-corrected chi connectivity index (χ0v) is 12.7. The molecule has 0 saturated carbocycles. The average Bonchev–Trinajstić information content (AvgIpc) is 2.21. The van der Waals surface area contributed by atoms with E-state index in [4.69, 9.17) is 10.5 Å². The number of esters is 1. The molecule has 0 aliphatic carbocycles. The number of allylic oxidation sites excluding steroid dienone is 3. The van der Waals surface area contributed by atoms with Crippen molar-refractivity contribution in [2.75, 3.05) is 12.3 Å². The van der Waals surface area contributed by atoms with Crippen LogP contribution in [0.3, 0.4) is 0 Å². The molecule has 0 radical (unpaired) electrons. The van der Waals surface area contributed by atoms with Gasteiger partial charge in [0.15, 0.2) is 0 Å². The first-order valence-corrected chi connectivity index (χ1v) is 6.73. The summed E-state index contributed by atoms with van der Waals surface area (Å²) in [5, 5.41) is 0. The third-order valence-electron chi connectivity index (χ3n) is 1.32. The van der Waals surface area contributed by atoms with E-state index < -0.39 is 0 Å². The Kier molecular flexibility index (Phi) is 11.9. The summed E-state index contributed by atoms with van der Waals surface area (Å²) in [4.78, 5) is 11.4. The summed E-state index contributed by atoms with van der Waals surface area (Å²) in [6.45, 7) is 14.9. The van der Waals surface area contributed by atoms with Crippen LogP contribution in [0, 0.1) is 0 Å². The number of thioether (sulfide) groups is 1. The van der Waals surface area contributed by atoms with Crippen molar-refractivity contribution < 1.29 is 9.53 Å². The minimum atomic E-state index is -0.328. The minimum absolute atomic E-state index is 0.225. The van der Waals surface area contributed by atoms with E-state index in [1.807, 2.05) is 32.9 Å². The number of carbonyl (C=O) groups excluding carboxylic acids is 1. The van der Waals surface area contributed by atoms with Gasteiger partial charge in [0.1, 0.15) is 5.60 Å². The molecule has 4 heteroatoms. The maximum Gasteiger partial charge on any atom is 0.303 e. The van der Waals surface area contributed by atoms with Crippen LogP contribution in [0.1, 0.15) is 27.7 Å². The predicted octanol–water partition coefficient (Wildman–Crippen LogP) is 3.28. The van der Waals surface area contributed by atoms with Crippen LogP contribution in [0.4, 0.5) is 0 Å². The normalized spacial score (nSPS) is 11.1. The van der Waals surface area contributed by atoms with Crippen LogP contribution < -0.4 is 5.73 Å². The molecule has 0 fully saturated rings. The van der Waals surface area contributed by atoms with Crippen LogP contribution in [0.15, 0.2) is 36.3 Å². The molecule has 0 rings (SSSR count). The van der Waals surface area contributed by atoms with Gasteiger partial charge in [0.05, 0.1) is 0 Å². The topological polar surface area (TPSA) is 52.3 Å². The van der Waals surface area contributed by atoms with Gasteiger partial charge in [-0.05, 0) is 26.8 Å². The van der Waals surface area contributed by atoms with Gasteiger partial charge in [-0.1, -0.05) is 25.3 Å². The minimum Gasteiger partial charge on any atom is -0.460 e. The first kappa shape index (κ1) is 19.3. The molecule has 0 heterocycles. The highest BCUT2D eigenvalue weighted by Crippen LogP contribution is 2.14. The van der Waals surface area contributed by atoms with Crippen LogP contribution in [0.25, 0.3) is 0 Å². The molecule has 3 nitrogen and oxygen atoms in total. The predicted molar refractivity (Wildman–Crippen MR) is 81.5 cm³/mol. The lowest BCUT2D eigenvalue weighted by molar-refractivity contribution is -0.151. The summed E-state index contributed by atoms with van der Waals surface area (Å²) in [6, 6.07) is 0. The smallest absolute Gasteiger partial charge is 0.303 e. The number of nitrogens with two attached hydrogens (primary N) is 1. The van der Waals surface area contributed by atoms with Crippen LogP contribution in [-0.2, 0) is 9.53 Å². The fourth-order valence-electron chi connectivity index (χ4n) is 0.899. The van der Waals surface area contributed by atoms with Crippen molar-refractivity contribution in [1.29, 1.82) is 0 Å². The van der Waals surface area contributed by atoms with Gasteiger partial charge in [-0.25, -0.2) is 0 Å². The van der Waals surface area contributed by atoms with Crippen LogP contribution in [-0.4, -0.2) is 23.9 Å². The summed E-state index contributed by atoms with van der Waals surface area (Å²) in [7, 11) is 0. The molecular formula is C14H25NO2S. The van der Waals surface area contributed by atoms with E-state index in [0.29, 0.717) is 6.54 Å². The lowest BCUT2D eigenvalue weighted by Gasteiger charge is -2.17. The van der Waals surface area contributed by atoms with Crippen LogP contribution in [0.2, 0.25) is 0 Å². The maximum absolute atomic E-state index is 10.2. The van der Waals surface area contributed by atoms with E-state index in [1.54, 1.807) is 17.8 Å². The first-order chi connectivity index (χ1) is 8.26. The second-order valence-electron chi connectivity index (χ2n) is 4.35. The molecule has 0 unspecified atom stereocenters. The summed E-state index contributed by atoms with van der Waals surface area (Å²) < 4.78 is 4.80. The molecule has 0 aromatic heterocycles. The molecule has 0 amide bonds. The summed E-state index contributed by atoms with van der Waals surface area (Å²) in [5.41, 5.74) is 4.99. The summed E-state index contributed by atoms with van der Waals surface area (Å²) in [6.07, 6.45) is 5.48. The van der Waals surface area contributed by atoms with Crippen molar-refractivity contribution in [3.8, 4) is 0 Å². The van der Waals surface area contributed by atoms with Crippen molar-refractivity contribution in [2.24, 2.45) is 5.73 Å². The highest BCUT2D eigenvalue weighted by Gasteiger charge is 2.11. The zero-order valence-electron chi connectivity index (χ0n) is 11.9. The monoisotopic (exact) mass is 271 g/mol. The molecule has 104 valence electrons. The third-order valence-corrected chi connectivity index (χ3v) is 2.40. The Balaban J connectivity index is 0. The second kappa shape index (κ2) is 11.1. The van der Waals surface area contributed by atoms with Gasteiger partial charge in [-0.3, -0.25) is 4.79 Å². The Morgan fingerprint density at radius 3 is 2.17 bits per heavy atom. The van der Waals surface area contributed by atoms with Gasteiger partial charge in [-0.15, -0.1) is 11.8 Å². The van der Waals surface area contributed by atoms with Gasteiger partial charge in [-0.2, -0.15) is 0 Å². The van der Waals surface area contributed by atoms with E-state index in [1.165, 1.54) is 6.92 Å². The fourth-order valence-corrected chi connectivity index (χ4v) is 1.56. The largest absolute Gasteiger partial charge is 0.460 e. The van der Waals surface area contributed by atoms with E-state index in [-0.39, 0.29) is 11.6 Å². The third kappa shape index (κ3) is 17.4. The first-order valence-electron chi connectivity index (χ1n) is 5.74. The molecule has 0 aromatic rings. The van der Waals surface area contributed by atoms with Crippen LogP contribution in [0.5, 0.6) is 0 Å². The Labute approximate surface area is 115 Å². The number of hydrogen-bond acceptors (Lipinski definition) is 4. The van der Waals surface area contributed by atoms with Crippen molar-refractivity contribution in [3.63, 3.8) is 0 Å². The Morgan fingerprint density at radius 2 is 1.94 bits per heavy atom. The number of ether oxygens (including phenoxy) is 1. The maximum atomic E-state index is 10.2. The molecular weight excluding hydrogens is 246 g/mol. The summed E-state index contributed by atoms with van der Waals surface area (Å²) >= 11 is 1.69. The highest BCUT2D eigenvalue weighted by molar-refractivity contribution is 8.03. The fraction of sp³-hybridized carbons (Fsp3) is 0.500. The van der Waals surface area contributed by atoms with Gasteiger partial charge < -0.3 is 10.5 Å². The molecule has 18 heavy (non-hydrogen) atoms. The Hall–Kier alpha value is -1.00. The Bertz CT molecular complexity index is 291. The van der Waals surface area contributed by atoms with Crippen molar-refractivity contribution in [1.82, 2.24) is 0 Å². The summed E-state index contributed by atoms with van der Waals surface area (Å²) in [5.74, 6) is 0.712. The van der Waals surface area contributed by atoms with E-state index in [9.17, 15) is 4.79 Å². The van der Waals surface area contributed by atoms with E-state index in [2.05, 4.69) is 13.2 Å². The molecule has 2 N–H and O–H groups in total. The second-order valence-corrected chi connectivity index (χ2v) is 5.52. The lowest BCUT2D eigenvalue weighted by Crippen LogP contribution is -2.21. The molecule has 0 aliphatic heterocycles. The molecule has 0 spiro atoms. The average molecular weight is 271 g/mol. The van der Waals surface area contributed by atoms with Crippen molar-refractivity contribution in [2.45, 2.75) is 33.3 Å². The molecule has 0 aliphatic rings. The SMILES string of the molecule is C=C/C=C(\C=C)SCCN.CC(=O)OC(C)(C)C. The van der Waals surface area contributed by atoms with E-state index >= 15 is 0 Å². The molecule has 0 atom stereocenters.